The maximum atomic E-state index is 13.9. The average Bonchev–Trinajstić information content (AvgIpc) is 2.96. The molecule has 0 aliphatic heterocycles. The number of carbonyl (C=O) groups excluding carboxylic acids is 2. The van der Waals surface area contributed by atoms with Crippen LogP contribution in [0.5, 0.6) is 5.75 Å². The summed E-state index contributed by atoms with van der Waals surface area (Å²) in [7, 11) is -4.07. The highest BCUT2D eigenvalue weighted by Gasteiger charge is 2.28. The highest BCUT2D eigenvalue weighted by Crippen LogP contribution is 2.30. The van der Waals surface area contributed by atoms with Crippen LogP contribution in [0.15, 0.2) is 107 Å². The molecule has 2 amide bonds. The second-order valence-electron chi connectivity index (χ2n) is 8.99. The number of nitrogens with one attached hydrogen (secondary N) is 1. The van der Waals surface area contributed by atoms with E-state index in [4.69, 9.17) is 22.1 Å². The van der Waals surface area contributed by atoms with Gasteiger partial charge >= 0.3 is 0 Å². The van der Waals surface area contributed by atoms with Crippen molar-refractivity contribution in [2.45, 2.75) is 18.4 Å². The van der Waals surface area contributed by atoms with E-state index in [9.17, 15) is 18.0 Å². The number of hydrogen-bond acceptors (Lipinski definition) is 6. The van der Waals surface area contributed by atoms with Crippen LogP contribution >= 0.6 is 11.6 Å². The molecule has 0 aromatic heterocycles. The van der Waals surface area contributed by atoms with Crippen LogP contribution in [0.25, 0.3) is 0 Å². The molecule has 9 nitrogen and oxygen atoms in total. The maximum Gasteiger partial charge on any atom is 0.273 e. The molecule has 3 N–H and O–H groups in total. The van der Waals surface area contributed by atoms with Gasteiger partial charge in [-0.25, -0.2) is 13.8 Å². The van der Waals surface area contributed by atoms with Crippen LogP contribution in [0.1, 0.15) is 27.0 Å². The number of benzene rings is 4. The predicted molar refractivity (Wildman–Crippen MR) is 159 cm³/mol. The number of aryl methyl sites for hydroxylation is 1. The molecule has 4 aromatic carbocycles. The Labute approximate surface area is 243 Å². The van der Waals surface area contributed by atoms with Crippen molar-refractivity contribution < 1.29 is 22.7 Å². The first kappa shape index (κ1) is 29.3. The normalized spacial score (nSPS) is 11.3. The Kier molecular flexibility index (Phi) is 9.38. The van der Waals surface area contributed by atoms with Crippen LogP contribution in [0.2, 0.25) is 5.02 Å². The summed E-state index contributed by atoms with van der Waals surface area (Å²) in [5.74, 6) is -0.731. The van der Waals surface area contributed by atoms with Crippen LogP contribution in [0.4, 0.5) is 5.69 Å². The zero-order chi connectivity index (χ0) is 29.4. The summed E-state index contributed by atoms with van der Waals surface area (Å²) in [6.07, 6.45) is 1.42. The number of anilines is 1. The van der Waals surface area contributed by atoms with Crippen LogP contribution in [-0.2, 0) is 21.4 Å². The number of para-hydroxylation sites is 1. The Morgan fingerprint density at radius 1 is 0.951 bits per heavy atom. The summed E-state index contributed by atoms with van der Waals surface area (Å²) < 4.78 is 34.2. The van der Waals surface area contributed by atoms with Gasteiger partial charge in [-0.2, -0.15) is 5.10 Å². The molecular formula is C30H27ClN4O5S. The molecule has 0 aliphatic rings. The first-order valence-corrected chi connectivity index (χ1v) is 14.2. The van der Waals surface area contributed by atoms with E-state index in [0.717, 1.165) is 5.56 Å². The number of hydrogen-bond donors (Lipinski definition) is 2. The van der Waals surface area contributed by atoms with Gasteiger partial charge in [-0.3, -0.25) is 13.9 Å². The van der Waals surface area contributed by atoms with Gasteiger partial charge in [-0.1, -0.05) is 53.6 Å². The lowest BCUT2D eigenvalue weighted by Crippen LogP contribution is -2.33. The van der Waals surface area contributed by atoms with Gasteiger partial charge < -0.3 is 10.5 Å². The lowest BCUT2D eigenvalue weighted by molar-refractivity contribution is -0.119. The molecule has 0 spiro atoms. The zero-order valence-corrected chi connectivity index (χ0v) is 23.6. The number of rotatable bonds is 11. The van der Waals surface area contributed by atoms with Crippen molar-refractivity contribution in [1.82, 2.24) is 5.43 Å². The van der Waals surface area contributed by atoms with Crippen molar-refractivity contribution in [3.63, 3.8) is 0 Å². The van der Waals surface area contributed by atoms with Crippen LogP contribution in [0.3, 0.4) is 0 Å². The molecule has 0 saturated carbocycles. The third-order valence-electron chi connectivity index (χ3n) is 5.91. The lowest BCUT2D eigenvalue weighted by atomic mass is 10.1. The van der Waals surface area contributed by atoms with Gasteiger partial charge in [-0.15, -0.1) is 0 Å². The van der Waals surface area contributed by atoms with Gasteiger partial charge in [0, 0.05) is 5.02 Å². The Hall–Kier alpha value is -4.67. The van der Waals surface area contributed by atoms with Crippen molar-refractivity contribution in [3.8, 4) is 5.75 Å². The smallest absolute Gasteiger partial charge is 0.273 e. The molecule has 0 fully saturated rings. The van der Waals surface area contributed by atoms with E-state index in [1.807, 2.05) is 6.92 Å². The van der Waals surface area contributed by atoms with Crippen molar-refractivity contribution in [3.05, 3.63) is 124 Å². The van der Waals surface area contributed by atoms with E-state index in [0.29, 0.717) is 21.9 Å². The second-order valence-corrected chi connectivity index (χ2v) is 11.3. The maximum absolute atomic E-state index is 13.9. The summed E-state index contributed by atoms with van der Waals surface area (Å²) in [4.78, 5) is 24.2. The van der Waals surface area contributed by atoms with Crippen LogP contribution in [0, 0.1) is 6.92 Å². The Balaban J connectivity index is 1.61. The van der Waals surface area contributed by atoms with Crippen molar-refractivity contribution in [2.24, 2.45) is 10.8 Å². The standard InChI is InChI=1S/C30H27ClN4O5S/c1-21-6-16-26(17-7-21)41(38,39)35(19-23-8-12-24(31)13-9-23)28-5-3-2-4-27(28)30(37)34-33-18-22-10-14-25(15-11-22)40-20-29(32)36/h2-18H,19-20H2,1H3,(H2,32,36)(H,34,37)/b33-18-. The highest BCUT2D eigenvalue weighted by molar-refractivity contribution is 7.92. The van der Waals surface area contributed by atoms with Gasteiger partial charge in [-0.05, 0) is 78.7 Å². The molecule has 0 heterocycles. The summed E-state index contributed by atoms with van der Waals surface area (Å²) in [6, 6.07) is 26.4. The number of nitrogens with two attached hydrogens (primary N) is 1. The fourth-order valence-electron chi connectivity index (χ4n) is 3.81. The number of carbonyl (C=O) groups is 2. The van der Waals surface area contributed by atoms with Gasteiger partial charge in [0.05, 0.1) is 28.9 Å². The van der Waals surface area contributed by atoms with Crippen molar-refractivity contribution in [2.75, 3.05) is 10.9 Å². The van der Waals surface area contributed by atoms with E-state index in [1.54, 1.807) is 78.9 Å². The molecule has 0 atom stereocenters. The third-order valence-corrected chi connectivity index (χ3v) is 7.93. The topological polar surface area (TPSA) is 131 Å². The molecule has 210 valence electrons. The number of ether oxygens (including phenoxy) is 1. The number of sulfonamides is 1. The van der Waals surface area contributed by atoms with E-state index in [-0.39, 0.29) is 29.3 Å². The third kappa shape index (κ3) is 7.71. The first-order chi connectivity index (χ1) is 19.6. The van der Waals surface area contributed by atoms with Gasteiger partial charge in [0.25, 0.3) is 21.8 Å². The second kappa shape index (κ2) is 13.1. The summed E-state index contributed by atoms with van der Waals surface area (Å²) >= 11 is 6.04. The molecular weight excluding hydrogens is 564 g/mol. The molecule has 4 rings (SSSR count). The fourth-order valence-corrected chi connectivity index (χ4v) is 5.40. The number of halogens is 1. The lowest BCUT2D eigenvalue weighted by Gasteiger charge is -2.26. The largest absolute Gasteiger partial charge is 0.484 e. The van der Waals surface area contributed by atoms with E-state index in [1.165, 1.54) is 28.7 Å². The van der Waals surface area contributed by atoms with Crippen molar-refractivity contribution in [1.29, 1.82) is 0 Å². The number of primary amides is 1. The van der Waals surface area contributed by atoms with Gasteiger partial charge in [0.2, 0.25) is 0 Å². The number of hydrazone groups is 1. The quantitative estimate of drug-likeness (QED) is 0.194. The summed E-state index contributed by atoms with van der Waals surface area (Å²) in [5.41, 5.74) is 10.1. The predicted octanol–water partition coefficient (Wildman–Crippen LogP) is 4.67. The number of amides is 2. The SMILES string of the molecule is Cc1ccc(S(=O)(=O)N(Cc2ccc(Cl)cc2)c2ccccc2C(=O)N/N=C\c2ccc(OCC(N)=O)cc2)cc1. The van der Waals surface area contributed by atoms with Crippen molar-refractivity contribution >= 4 is 45.3 Å². The Morgan fingerprint density at radius 3 is 2.27 bits per heavy atom. The van der Waals surface area contributed by atoms with E-state index in [2.05, 4.69) is 10.5 Å². The number of nitrogens with zero attached hydrogens (tertiary/aromatic N) is 2. The summed E-state index contributed by atoms with van der Waals surface area (Å²) in [5, 5.41) is 4.54. The minimum absolute atomic E-state index is 0.0366. The Morgan fingerprint density at radius 2 is 1.61 bits per heavy atom. The first-order valence-electron chi connectivity index (χ1n) is 12.4. The van der Waals surface area contributed by atoms with E-state index >= 15 is 0 Å². The molecule has 41 heavy (non-hydrogen) atoms. The molecule has 0 unspecified atom stereocenters. The van der Waals surface area contributed by atoms with E-state index < -0.39 is 21.8 Å². The average molecular weight is 591 g/mol. The fraction of sp³-hybridized carbons (Fsp3) is 0.100. The summed E-state index contributed by atoms with van der Waals surface area (Å²) in [6.45, 7) is 1.59. The molecule has 0 radical (unpaired) electrons. The highest BCUT2D eigenvalue weighted by atomic mass is 35.5. The molecule has 0 bridgehead atoms. The van der Waals surface area contributed by atoms with Crippen LogP contribution < -0.4 is 20.2 Å². The minimum Gasteiger partial charge on any atom is -0.484 e. The Bertz CT molecular complexity index is 1660. The monoisotopic (exact) mass is 590 g/mol. The minimum atomic E-state index is -4.07. The zero-order valence-electron chi connectivity index (χ0n) is 22.0. The van der Waals surface area contributed by atoms with Gasteiger partial charge in [0.15, 0.2) is 6.61 Å². The van der Waals surface area contributed by atoms with Crippen LogP contribution in [-0.4, -0.2) is 33.1 Å². The molecule has 0 aliphatic carbocycles. The molecule has 0 saturated heterocycles. The van der Waals surface area contributed by atoms with Gasteiger partial charge in [0.1, 0.15) is 5.75 Å². The molecule has 11 heteroatoms. The molecule has 4 aromatic rings.